The van der Waals surface area contributed by atoms with Crippen LogP contribution < -0.4 is 0 Å². The Bertz CT molecular complexity index is 844. The summed E-state index contributed by atoms with van der Waals surface area (Å²) in [5.41, 5.74) is 4.51. The number of nitrogens with zero attached hydrogens (tertiary/aromatic N) is 3. The molecule has 0 spiro atoms. The Kier molecular flexibility index (Phi) is 5.54. The van der Waals surface area contributed by atoms with Gasteiger partial charge in [-0.1, -0.05) is 17.7 Å². The zero-order valence-corrected chi connectivity index (χ0v) is 17.3. The monoisotopic (exact) mass is 381 g/mol. The molecule has 5 heteroatoms. The van der Waals surface area contributed by atoms with Crippen molar-refractivity contribution in [3.63, 3.8) is 0 Å². The lowest BCUT2D eigenvalue weighted by Gasteiger charge is -2.32. The smallest absolute Gasteiger partial charge is 0.226 e. The number of carbonyl (C=O) groups is 1. The number of likely N-dealkylation sites (tertiary alicyclic amines) is 2. The Morgan fingerprint density at radius 1 is 1.11 bits per heavy atom. The molecule has 0 N–H and O–H groups in total. The standard InChI is InChI=1S/C23H31N3O2/c1-16-6-7-20(17(2)14-16)22-24-21(18(3)28-22)15-25-12-8-19(9-13-25)23(27)26-10-4-5-11-26/h6-7,14,19H,4-5,8-13,15H2,1-3H3. The van der Waals surface area contributed by atoms with Crippen molar-refractivity contribution in [3.05, 3.63) is 40.8 Å². The van der Waals surface area contributed by atoms with Gasteiger partial charge in [-0.25, -0.2) is 4.98 Å². The molecular weight excluding hydrogens is 350 g/mol. The van der Waals surface area contributed by atoms with Gasteiger partial charge in [0.15, 0.2) is 0 Å². The zero-order valence-electron chi connectivity index (χ0n) is 17.3. The Morgan fingerprint density at radius 3 is 2.50 bits per heavy atom. The van der Waals surface area contributed by atoms with Gasteiger partial charge >= 0.3 is 0 Å². The normalized spacial score (nSPS) is 18.8. The van der Waals surface area contributed by atoms with Crippen molar-refractivity contribution in [1.29, 1.82) is 0 Å². The predicted octanol–water partition coefficient (Wildman–Crippen LogP) is 4.10. The number of aryl methyl sites for hydroxylation is 3. The van der Waals surface area contributed by atoms with Gasteiger partial charge < -0.3 is 9.32 Å². The quantitative estimate of drug-likeness (QED) is 0.800. The summed E-state index contributed by atoms with van der Waals surface area (Å²) in [5, 5.41) is 0. The van der Waals surface area contributed by atoms with Crippen LogP contribution in [0.2, 0.25) is 0 Å². The fraction of sp³-hybridized carbons (Fsp3) is 0.565. The summed E-state index contributed by atoms with van der Waals surface area (Å²) in [6.07, 6.45) is 4.24. The van der Waals surface area contributed by atoms with Crippen LogP contribution in [0.1, 0.15) is 48.3 Å². The van der Waals surface area contributed by atoms with Crippen LogP contribution in [0.5, 0.6) is 0 Å². The van der Waals surface area contributed by atoms with Gasteiger partial charge in [0.1, 0.15) is 5.76 Å². The van der Waals surface area contributed by atoms with Crippen molar-refractivity contribution >= 4 is 5.91 Å². The highest BCUT2D eigenvalue weighted by molar-refractivity contribution is 5.79. The van der Waals surface area contributed by atoms with Gasteiger partial charge in [0.25, 0.3) is 0 Å². The second-order valence-corrected chi connectivity index (χ2v) is 8.42. The molecule has 0 atom stereocenters. The minimum Gasteiger partial charge on any atom is -0.441 e. The van der Waals surface area contributed by atoms with E-state index >= 15 is 0 Å². The number of benzene rings is 1. The molecule has 1 aromatic carbocycles. The van der Waals surface area contributed by atoms with Gasteiger partial charge in [-0.15, -0.1) is 0 Å². The van der Waals surface area contributed by atoms with Crippen molar-refractivity contribution in [2.75, 3.05) is 26.2 Å². The predicted molar refractivity (Wildman–Crippen MR) is 110 cm³/mol. The molecule has 0 radical (unpaired) electrons. The summed E-state index contributed by atoms with van der Waals surface area (Å²) < 4.78 is 5.99. The molecule has 0 bridgehead atoms. The number of rotatable bonds is 4. The fourth-order valence-electron chi connectivity index (χ4n) is 4.49. The van der Waals surface area contributed by atoms with Crippen molar-refractivity contribution < 1.29 is 9.21 Å². The van der Waals surface area contributed by atoms with Gasteiger partial charge in [-0.05, 0) is 71.2 Å². The molecule has 2 aliphatic heterocycles. The number of piperidine rings is 1. The van der Waals surface area contributed by atoms with Crippen molar-refractivity contribution in [1.82, 2.24) is 14.8 Å². The summed E-state index contributed by atoms with van der Waals surface area (Å²) in [5.74, 6) is 2.19. The van der Waals surface area contributed by atoms with Crippen LogP contribution in [0.3, 0.4) is 0 Å². The molecule has 0 aliphatic carbocycles. The summed E-state index contributed by atoms with van der Waals surface area (Å²) in [4.78, 5) is 21.9. The first-order chi connectivity index (χ1) is 13.5. The van der Waals surface area contributed by atoms with Crippen LogP contribution in [0.15, 0.2) is 22.6 Å². The maximum atomic E-state index is 12.6. The number of hydrogen-bond acceptors (Lipinski definition) is 4. The number of hydrogen-bond donors (Lipinski definition) is 0. The minimum absolute atomic E-state index is 0.207. The first-order valence-electron chi connectivity index (χ1n) is 10.6. The van der Waals surface area contributed by atoms with Gasteiger partial charge in [-0.3, -0.25) is 9.69 Å². The van der Waals surface area contributed by atoms with Crippen molar-refractivity contribution in [2.45, 2.75) is 53.0 Å². The molecule has 28 heavy (non-hydrogen) atoms. The van der Waals surface area contributed by atoms with Gasteiger partial charge in [0, 0.05) is 31.1 Å². The molecule has 4 rings (SSSR count). The summed E-state index contributed by atoms with van der Waals surface area (Å²) in [6.45, 7) is 10.8. The van der Waals surface area contributed by atoms with Crippen LogP contribution >= 0.6 is 0 Å². The zero-order chi connectivity index (χ0) is 19.7. The van der Waals surface area contributed by atoms with Crippen molar-refractivity contribution in [2.24, 2.45) is 5.92 Å². The average Bonchev–Trinajstić information content (AvgIpc) is 3.32. The summed E-state index contributed by atoms with van der Waals surface area (Å²) >= 11 is 0. The fourth-order valence-corrected chi connectivity index (χ4v) is 4.49. The lowest BCUT2D eigenvalue weighted by molar-refractivity contribution is -0.136. The first-order valence-corrected chi connectivity index (χ1v) is 10.6. The Labute approximate surface area is 167 Å². The van der Waals surface area contributed by atoms with Gasteiger partial charge in [0.05, 0.1) is 5.69 Å². The molecule has 2 aliphatic rings. The van der Waals surface area contributed by atoms with Crippen LogP contribution in [0.25, 0.3) is 11.5 Å². The summed E-state index contributed by atoms with van der Waals surface area (Å²) in [6, 6.07) is 6.36. The van der Waals surface area contributed by atoms with Crippen LogP contribution in [-0.2, 0) is 11.3 Å². The van der Waals surface area contributed by atoms with E-state index < -0.39 is 0 Å². The molecule has 2 aromatic rings. The van der Waals surface area contributed by atoms with E-state index in [-0.39, 0.29) is 5.92 Å². The maximum Gasteiger partial charge on any atom is 0.226 e. The highest BCUT2D eigenvalue weighted by Gasteiger charge is 2.30. The lowest BCUT2D eigenvalue weighted by atomic mass is 9.95. The first kappa shape index (κ1) is 19.2. The van der Waals surface area contributed by atoms with E-state index in [1.165, 1.54) is 24.0 Å². The average molecular weight is 382 g/mol. The summed E-state index contributed by atoms with van der Waals surface area (Å²) in [7, 11) is 0. The Balaban J connectivity index is 1.38. The van der Waals surface area contributed by atoms with E-state index in [1.54, 1.807) is 0 Å². The Morgan fingerprint density at radius 2 is 1.82 bits per heavy atom. The number of carbonyl (C=O) groups excluding carboxylic acids is 1. The largest absolute Gasteiger partial charge is 0.441 e. The van der Waals surface area contributed by atoms with Gasteiger partial charge in [-0.2, -0.15) is 0 Å². The SMILES string of the molecule is Cc1ccc(-c2nc(CN3CCC(C(=O)N4CCCC4)CC3)c(C)o2)c(C)c1. The van der Waals surface area contributed by atoms with Crippen LogP contribution in [-0.4, -0.2) is 46.9 Å². The molecule has 0 saturated carbocycles. The van der Waals surface area contributed by atoms with Crippen LogP contribution in [0.4, 0.5) is 0 Å². The highest BCUT2D eigenvalue weighted by Crippen LogP contribution is 2.28. The van der Waals surface area contributed by atoms with E-state index in [1.807, 2.05) is 6.92 Å². The van der Waals surface area contributed by atoms with E-state index in [0.29, 0.717) is 11.8 Å². The lowest BCUT2D eigenvalue weighted by Crippen LogP contribution is -2.41. The van der Waals surface area contributed by atoms with E-state index in [2.05, 4.69) is 41.8 Å². The third kappa shape index (κ3) is 4.00. The minimum atomic E-state index is 0.207. The molecule has 2 saturated heterocycles. The maximum absolute atomic E-state index is 12.6. The number of aromatic nitrogens is 1. The number of oxazole rings is 1. The van der Waals surface area contributed by atoms with Crippen LogP contribution in [0, 0.1) is 26.7 Å². The molecule has 0 unspecified atom stereocenters. The molecular formula is C23H31N3O2. The van der Waals surface area contributed by atoms with Gasteiger partial charge in [0.2, 0.25) is 11.8 Å². The topological polar surface area (TPSA) is 49.6 Å². The molecule has 1 amide bonds. The second kappa shape index (κ2) is 8.08. The second-order valence-electron chi connectivity index (χ2n) is 8.42. The molecule has 3 heterocycles. The van der Waals surface area contributed by atoms with E-state index in [4.69, 9.17) is 9.40 Å². The van der Waals surface area contributed by atoms with Crippen molar-refractivity contribution in [3.8, 4) is 11.5 Å². The third-order valence-electron chi connectivity index (χ3n) is 6.23. The molecule has 2 fully saturated rings. The highest BCUT2D eigenvalue weighted by atomic mass is 16.4. The Hall–Kier alpha value is -2.14. The molecule has 1 aromatic heterocycles. The molecule has 5 nitrogen and oxygen atoms in total. The van der Waals surface area contributed by atoms with E-state index in [0.717, 1.165) is 62.6 Å². The molecule has 150 valence electrons. The van der Waals surface area contributed by atoms with E-state index in [9.17, 15) is 4.79 Å². The number of amides is 1. The third-order valence-corrected chi connectivity index (χ3v) is 6.23.